The van der Waals surface area contributed by atoms with Crippen LogP contribution in [0.4, 0.5) is 0 Å². The number of likely N-dealkylation sites (tertiary alicyclic amines) is 1. The van der Waals surface area contributed by atoms with Crippen molar-refractivity contribution in [1.29, 1.82) is 0 Å². The van der Waals surface area contributed by atoms with Crippen LogP contribution in [0.5, 0.6) is 5.75 Å². The molecule has 1 atom stereocenters. The maximum absolute atomic E-state index is 12.8. The van der Waals surface area contributed by atoms with Gasteiger partial charge in [-0.15, -0.1) is 10.2 Å². The molecule has 0 bridgehead atoms. The second kappa shape index (κ2) is 8.11. The third-order valence-corrected chi connectivity index (χ3v) is 5.68. The van der Waals surface area contributed by atoms with Gasteiger partial charge < -0.3 is 14.2 Å². The lowest BCUT2D eigenvalue weighted by Crippen LogP contribution is -2.41. The molecule has 0 N–H and O–H groups in total. The molecule has 2 heterocycles. The van der Waals surface area contributed by atoms with Gasteiger partial charge in [-0.05, 0) is 55.2 Å². The van der Waals surface area contributed by atoms with Gasteiger partial charge >= 0.3 is 0 Å². The molecule has 144 valence electrons. The highest BCUT2D eigenvalue weighted by Crippen LogP contribution is 2.31. The molecule has 1 aromatic carbocycles. The van der Waals surface area contributed by atoms with Crippen LogP contribution < -0.4 is 4.74 Å². The number of piperidine rings is 1. The first kappa shape index (κ1) is 18.0. The molecule has 1 aliphatic heterocycles. The van der Waals surface area contributed by atoms with Gasteiger partial charge in [0.25, 0.3) is 0 Å². The highest BCUT2D eigenvalue weighted by molar-refractivity contribution is 5.79. The van der Waals surface area contributed by atoms with Crippen LogP contribution in [0.15, 0.2) is 30.6 Å². The molecular weight excluding hydrogens is 340 g/mol. The summed E-state index contributed by atoms with van der Waals surface area (Å²) in [6.07, 6.45) is 8.07. The van der Waals surface area contributed by atoms with E-state index in [1.807, 2.05) is 35.5 Å². The van der Waals surface area contributed by atoms with Crippen LogP contribution in [-0.2, 0) is 24.2 Å². The number of carbonyl (C=O) groups is 1. The number of hydrogen-bond donors (Lipinski definition) is 0. The molecule has 0 radical (unpaired) electrons. The number of nitrogens with zero attached hydrogens (tertiary/aromatic N) is 4. The molecule has 2 aliphatic rings. The summed E-state index contributed by atoms with van der Waals surface area (Å²) >= 11 is 0. The zero-order valence-electron chi connectivity index (χ0n) is 16.0. The molecular formula is C21H28N4O2. The van der Waals surface area contributed by atoms with E-state index in [1.54, 1.807) is 7.11 Å². The van der Waals surface area contributed by atoms with E-state index in [-0.39, 0.29) is 5.91 Å². The Kier molecular flexibility index (Phi) is 5.41. The van der Waals surface area contributed by atoms with Gasteiger partial charge in [-0.2, -0.15) is 0 Å². The molecule has 0 spiro atoms. The summed E-state index contributed by atoms with van der Waals surface area (Å²) in [6, 6.07) is 7.78. The average Bonchev–Trinajstić information content (AvgIpc) is 3.41. The van der Waals surface area contributed by atoms with E-state index in [0.29, 0.717) is 12.3 Å². The van der Waals surface area contributed by atoms with Gasteiger partial charge in [-0.3, -0.25) is 4.79 Å². The topological polar surface area (TPSA) is 60.2 Å². The molecule has 1 aromatic heterocycles. The highest BCUT2D eigenvalue weighted by Gasteiger charge is 2.27. The molecule has 4 rings (SSSR count). The van der Waals surface area contributed by atoms with E-state index < -0.39 is 0 Å². The molecule has 6 nitrogen and oxygen atoms in total. The Bertz CT molecular complexity index is 784. The SMILES string of the molecule is COc1cccc(CC(=O)N2CCCC(Cc3nncn3CC3CC3)C2)c1. The third kappa shape index (κ3) is 4.67. The van der Waals surface area contributed by atoms with E-state index in [4.69, 9.17) is 4.74 Å². The summed E-state index contributed by atoms with van der Waals surface area (Å²) in [4.78, 5) is 14.8. The van der Waals surface area contributed by atoms with E-state index in [1.165, 1.54) is 12.8 Å². The number of ether oxygens (including phenoxy) is 1. The smallest absolute Gasteiger partial charge is 0.227 e. The minimum absolute atomic E-state index is 0.201. The van der Waals surface area contributed by atoms with E-state index >= 15 is 0 Å². The molecule has 1 saturated heterocycles. The quantitative estimate of drug-likeness (QED) is 0.754. The zero-order chi connectivity index (χ0) is 18.6. The number of hydrogen-bond acceptors (Lipinski definition) is 4. The Hall–Kier alpha value is -2.37. The summed E-state index contributed by atoms with van der Waals surface area (Å²) in [5.74, 6) is 3.36. The van der Waals surface area contributed by atoms with Crippen molar-refractivity contribution in [2.75, 3.05) is 20.2 Å². The summed E-state index contributed by atoms with van der Waals surface area (Å²) in [7, 11) is 1.65. The standard InChI is InChI=1S/C21H28N4O2/c1-27-19-6-2-4-17(10-19)12-21(26)24-9-3-5-18(14-24)11-20-23-22-15-25(20)13-16-7-8-16/h2,4,6,10,15-16,18H,3,5,7-9,11-14H2,1H3. The van der Waals surface area contributed by atoms with Crippen LogP contribution in [0.1, 0.15) is 37.1 Å². The monoisotopic (exact) mass is 368 g/mol. The number of methoxy groups -OCH3 is 1. The van der Waals surface area contributed by atoms with E-state index in [9.17, 15) is 4.79 Å². The molecule has 1 amide bonds. The summed E-state index contributed by atoms with van der Waals surface area (Å²) in [5, 5.41) is 8.46. The first-order valence-electron chi connectivity index (χ1n) is 9.98. The number of benzene rings is 1. The fourth-order valence-electron chi connectivity index (χ4n) is 3.95. The van der Waals surface area contributed by atoms with Crippen molar-refractivity contribution in [3.63, 3.8) is 0 Å². The van der Waals surface area contributed by atoms with Crippen LogP contribution in [-0.4, -0.2) is 45.8 Å². The Morgan fingerprint density at radius 3 is 2.96 bits per heavy atom. The maximum Gasteiger partial charge on any atom is 0.227 e. The first-order valence-corrected chi connectivity index (χ1v) is 9.98. The van der Waals surface area contributed by atoms with Crippen molar-refractivity contribution in [1.82, 2.24) is 19.7 Å². The summed E-state index contributed by atoms with van der Waals surface area (Å²) < 4.78 is 7.48. The molecule has 6 heteroatoms. The van der Waals surface area contributed by atoms with Gasteiger partial charge in [0.05, 0.1) is 13.5 Å². The van der Waals surface area contributed by atoms with Gasteiger partial charge in [0, 0.05) is 26.1 Å². The fourth-order valence-corrected chi connectivity index (χ4v) is 3.95. The van der Waals surface area contributed by atoms with Gasteiger partial charge in [0.15, 0.2) is 0 Å². The Labute approximate surface area is 160 Å². The number of carbonyl (C=O) groups excluding carboxylic acids is 1. The zero-order valence-corrected chi connectivity index (χ0v) is 16.0. The molecule has 1 unspecified atom stereocenters. The van der Waals surface area contributed by atoms with E-state index in [2.05, 4.69) is 14.8 Å². The van der Waals surface area contributed by atoms with Crippen molar-refractivity contribution in [3.8, 4) is 5.75 Å². The van der Waals surface area contributed by atoms with Crippen LogP contribution in [0, 0.1) is 11.8 Å². The minimum Gasteiger partial charge on any atom is -0.497 e. The van der Waals surface area contributed by atoms with E-state index in [0.717, 1.165) is 62.0 Å². The lowest BCUT2D eigenvalue weighted by Gasteiger charge is -2.32. The van der Waals surface area contributed by atoms with Gasteiger partial charge in [-0.1, -0.05) is 12.1 Å². The summed E-state index contributed by atoms with van der Waals surface area (Å²) in [6.45, 7) is 2.72. The minimum atomic E-state index is 0.201. The van der Waals surface area contributed by atoms with Crippen molar-refractivity contribution >= 4 is 5.91 Å². The van der Waals surface area contributed by atoms with Gasteiger partial charge in [-0.25, -0.2) is 0 Å². The van der Waals surface area contributed by atoms with Crippen LogP contribution in [0.3, 0.4) is 0 Å². The maximum atomic E-state index is 12.8. The van der Waals surface area contributed by atoms with Crippen molar-refractivity contribution in [2.45, 2.75) is 45.1 Å². The number of amides is 1. The van der Waals surface area contributed by atoms with Gasteiger partial charge in [0.1, 0.15) is 17.9 Å². The second-order valence-corrected chi connectivity index (χ2v) is 7.92. The second-order valence-electron chi connectivity index (χ2n) is 7.92. The Morgan fingerprint density at radius 2 is 2.15 bits per heavy atom. The van der Waals surface area contributed by atoms with Crippen molar-refractivity contribution in [2.24, 2.45) is 11.8 Å². The average molecular weight is 368 g/mol. The van der Waals surface area contributed by atoms with Crippen LogP contribution in [0.25, 0.3) is 0 Å². The number of rotatable bonds is 7. The Balaban J connectivity index is 1.34. The molecule has 1 saturated carbocycles. The first-order chi connectivity index (χ1) is 13.2. The molecule has 27 heavy (non-hydrogen) atoms. The normalized spacial score (nSPS) is 19.9. The highest BCUT2D eigenvalue weighted by atomic mass is 16.5. The van der Waals surface area contributed by atoms with Crippen LogP contribution >= 0.6 is 0 Å². The van der Waals surface area contributed by atoms with Crippen molar-refractivity contribution < 1.29 is 9.53 Å². The predicted molar refractivity (Wildman–Crippen MR) is 102 cm³/mol. The lowest BCUT2D eigenvalue weighted by molar-refractivity contribution is -0.132. The molecule has 1 aliphatic carbocycles. The predicted octanol–water partition coefficient (Wildman–Crippen LogP) is 2.72. The lowest BCUT2D eigenvalue weighted by atomic mass is 9.94. The third-order valence-electron chi connectivity index (χ3n) is 5.68. The largest absolute Gasteiger partial charge is 0.497 e. The molecule has 2 fully saturated rings. The number of aromatic nitrogens is 3. The Morgan fingerprint density at radius 1 is 1.26 bits per heavy atom. The fraction of sp³-hybridized carbons (Fsp3) is 0.571. The van der Waals surface area contributed by atoms with Gasteiger partial charge in [0.2, 0.25) is 5.91 Å². The van der Waals surface area contributed by atoms with Crippen molar-refractivity contribution in [3.05, 3.63) is 42.0 Å². The summed E-state index contributed by atoms with van der Waals surface area (Å²) in [5.41, 5.74) is 1.01. The van der Waals surface area contributed by atoms with Crippen LogP contribution in [0.2, 0.25) is 0 Å². The molecule has 2 aromatic rings.